The average Bonchev–Trinajstić information content (AvgIpc) is 2.37. The summed E-state index contributed by atoms with van der Waals surface area (Å²) in [5.74, 6) is 6.93. The molecule has 0 radical (unpaired) electrons. The summed E-state index contributed by atoms with van der Waals surface area (Å²) in [5, 5.41) is 0. The normalized spacial score (nSPS) is 9.24. The van der Waals surface area contributed by atoms with E-state index in [1.165, 1.54) is 0 Å². The Balaban J connectivity index is 2.33. The van der Waals surface area contributed by atoms with Crippen LogP contribution in [0.25, 0.3) is 0 Å². The van der Waals surface area contributed by atoms with Crippen molar-refractivity contribution in [2.45, 2.75) is 0 Å². The molecule has 0 unspecified atom stereocenters. The van der Waals surface area contributed by atoms with Crippen LogP contribution >= 0.6 is 0 Å². The lowest BCUT2D eigenvalue weighted by Crippen LogP contribution is -1.87. The minimum atomic E-state index is 0.719. The average molecular weight is 223 g/mol. The van der Waals surface area contributed by atoms with E-state index in [0.29, 0.717) is 0 Å². The molecule has 0 amide bonds. The predicted molar refractivity (Wildman–Crippen MR) is 69.8 cm³/mol. The zero-order valence-electron chi connectivity index (χ0n) is 9.60. The summed E-state index contributed by atoms with van der Waals surface area (Å²) >= 11 is 0. The van der Waals surface area contributed by atoms with Crippen LogP contribution in [0, 0.1) is 11.8 Å². The molecule has 0 spiro atoms. The van der Waals surface area contributed by atoms with Crippen molar-refractivity contribution in [3.8, 4) is 17.6 Å². The van der Waals surface area contributed by atoms with Gasteiger partial charge in [-0.05, 0) is 30.3 Å². The minimum absolute atomic E-state index is 0.719. The second kappa shape index (κ2) is 5.09. The number of rotatable bonds is 1. The Kier molecular flexibility index (Phi) is 3.32. The molecule has 0 heterocycles. The Labute approximate surface area is 101 Å². The Morgan fingerprint density at radius 1 is 1.00 bits per heavy atom. The number of benzene rings is 2. The van der Waals surface area contributed by atoms with E-state index in [0.717, 1.165) is 22.6 Å². The molecule has 2 heteroatoms. The fourth-order valence-electron chi connectivity index (χ4n) is 1.50. The molecule has 17 heavy (non-hydrogen) atoms. The summed E-state index contributed by atoms with van der Waals surface area (Å²) in [6, 6.07) is 15.2. The van der Waals surface area contributed by atoms with Crippen LogP contribution in [0.2, 0.25) is 0 Å². The van der Waals surface area contributed by atoms with E-state index in [9.17, 15) is 0 Å². The van der Waals surface area contributed by atoms with Gasteiger partial charge in [0, 0.05) is 11.3 Å². The van der Waals surface area contributed by atoms with Crippen molar-refractivity contribution in [1.29, 1.82) is 0 Å². The molecule has 0 aliphatic rings. The number of ether oxygens (including phenoxy) is 1. The second-order valence-corrected chi connectivity index (χ2v) is 3.58. The SMILES string of the molecule is COc1ccccc1C#Cc1cccc(N)c1. The summed E-state index contributed by atoms with van der Waals surface area (Å²) < 4.78 is 5.23. The van der Waals surface area contributed by atoms with Crippen LogP contribution in [0.15, 0.2) is 48.5 Å². The molecular weight excluding hydrogens is 210 g/mol. The number of para-hydroxylation sites is 1. The zero-order chi connectivity index (χ0) is 12.1. The van der Waals surface area contributed by atoms with Gasteiger partial charge in [0.1, 0.15) is 5.75 Å². The molecule has 0 saturated carbocycles. The van der Waals surface area contributed by atoms with Crippen molar-refractivity contribution in [2.24, 2.45) is 0 Å². The van der Waals surface area contributed by atoms with Crippen molar-refractivity contribution in [2.75, 3.05) is 12.8 Å². The number of nitrogens with two attached hydrogens (primary N) is 1. The first kappa shape index (κ1) is 11.1. The lowest BCUT2D eigenvalue weighted by atomic mass is 10.1. The summed E-state index contributed by atoms with van der Waals surface area (Å²) in [5.41, 5.74) is 8.18. The highest BCUT2D eigenvalue weighted by Gasteiger charge is 1.96. The van der Waals surface area contributed by atoms with Gasteiger partial charge < -0.3 is 10.5 Å². The third-order valence-electron chi connectivity index (χ3n) is 2.34. The van der Waals surface area contributed by atoms with E-state index in [2.05, 4.69) is 11.8 Å². The van der Waals surface area contributed by atoms with Crippen LogP contribution in [-0.2, 0) is 0 Å². The Bertz CT molecular complexity index is 579. The fraction of sp³-hybridized carbons (Fsp3) is 0.0667. The molecule has 2 rings (SSSR count). The van der Waals surface area contributed by atoms with Gasteiger partial charge in [0.2, 0.25) is 0 Å². The number of nitrogen functional groups attached to an aromatic ring is 1. The molecule has 0 atom stereocenters. The fourth-order valence-corrected chi connectivity index (χ4v) is 1.50. The van der Waals surface area contributed by atoms with E-state index in [1.54, 1.807) is 7.11 Å². The molecule has 2 aromatic rings. The van der Waals surface area contributed by atoms with E-state index < -0.39 is 0 Å². The predicted octanol–water partition coefficient (Wildman–Crippen LogP) is 2.68. The highest BCUT2D eigenvalue weighted by Crippen LogP contribution is 2.15. The van der Waals surface area contributed by atoms with Crippen LogP contribution in [0.5, 0.6) is 5.75 Å². The first-order chi connectivity index (χ1) is 8.29. The third-order valence-corrected chi connectivity index (χ3v) is 2.34. The molecule has 84 valence electrons. The maximum atomic E-state index is 5.69. The molecule has 0 bridgehead atoms. The van der Waals surface area contributed by atoms with Crippen LogP contribution < -0.4 is 10.5 Å². The molecular formula is C15H13NO. The summed E-state index contributed by atoms with van der Waals surface area (Å²) in [7, 11) is 1.64. The van der Waals surface area contributed by atoms with Gasteiger partial charge in [-0.1, -0.05) is 30.0 Å². The molecule has 2 N–H and O–H groups in total. The van der Waals surface area contributed by atoms with Crippen molar-refractivity contribution in [1.82, 2.24) is 0 Å². The van der Waals surface area contributed by atoms with E-state index in [4.69, 9.17) is 10.5 Å². The number of hydrogen-bond acceptors (Lipinski definition) is 2. The summed E-state index contributed by atoms with van der Waals surface area (Å²) in [6.45, 7) is 0. The quantitative estimate of drug-likeness (QED) is 0.596. The molecule has 0 aromatic heterocycles. The first-order valence-electron chi connectivity index (χ1n) is 5.30. The van der Waals surface area contributed by atoms with Gasteiger partial charge in [-0.15, -0.1) is 0 Å². The van der Waals surface area contributed by atoms with Crippen molar-refractivity contribution in [3.05, 3.63) is 59.7 Å². The topological polar surface area (TPSA) is 35.2 Å². The molecule has 2 nitrogen and oxygen atoms in total. The summed E-state index contributed by atoms with van der Waals surface area (Å²) in [6.07, 6.45) is 0. The number of anilines is 1. The van der Waals surface area contributed by atoms with Gasteiger partial charge in [-0.25, -0.2) is 0 Å². The highest BCUT2D eigenvalue weighted by molar-refractivity contribution is 5.52. The van der Waals surface area contributed by atoms with Crippen molar-refractivity contribution >= 4 is 5.69 Å². The zero-order valence-corrected chi connectivity index (χ0v) is 9.60. The third kappa shape index (κ3) is 2.79. The van der Waals surface area contributed by atoms with Crippen LogP contribution in [0.1, 0.15) is 11.1 Å². The molecule has 0 fully saturated rings. The largest absolute Gasteiger partial charge is 0.495 e. The smallest absolute Gasteiger partial charge is 0.134 e. The Hall–Kier alpha value is -2.40. The van der Waals surface area contributed by atoms with Crippen LogP contribution in [0.4, 0.5) is 5.69 Å². The highest BCUT2D eigenvalue weighted by atomic mass is 16.5. The summed E-state index contributed by atoms with van der Waals surface area (Å²) in [4.78, 5) is 0. The van der Waals surface area contributed by atoms with Crippen LogP contribution in [-0.4, -0.2) is 7.11 Å². The number of hydrogen-bond donors (Lipinski definition) is 1. The molecule has 0 aliphatic carbocycles. The van der Waals surface area contributed by atoms with Gasteiger partial charge in [-0.3, -0.25) is 0 Å². The molecule has 2 aromatic carbocycles. The van der Waals surface area contributed by atoms with E-state index >= 15 is 0 Å². The molecule has 0 aliphatic heterocycles. The van der Waals surface area contributed by atoms with Crippen molar-refractivity contribution in [3.63, 3.8) is 0 Å². The maximum absolute atomic E-state index is 5.69. The lowest BCUT2D eigenvalue weighted by Gasteiger charge is -2.01. The maximum Gasteiger partial charge on any atom is 0.134 e. The Morgan fingerprint density at radius 2 is 1.82 bits per heavy atom. The number of methoxy groups -OCH3 is 1. The second-order valence-electron chi connectivity index (χ2n) is 3.58. The van der Waals surface area contributed by atoms with Gasteiger partial charge in [0.05, 0.1) is 12.7 Å². The minimum Gasteiger partial charge on any atom is -0.495 e. The van der Waals surface area contributed by atoms with E-state index in [1.807, 2.05) is 48.5 Å². The van der Waals surface area contributed by atoms with Gasteiger partial charge >= 0.3 is 0 Å². The van der Waals surface area contributed by atoms with Gasteiger partial charge in [0.25, 0.3) is 0 Å². The van der Waals surface area contributed by atoms with Gasteiger partial charge in [-0.2, -0.15) is 0 Å². The van der Waals surface area contributed by atoms with E-state index in [-0.39, 0.29) is 0 Å². The van der Waals surface area contributed by atoms with Crippen molar-refractivity contribution < 1.29 is 4.74 Å². The first-order valence-corrected chi connectivity index (χ1v) is 5.30. The lowest BCUT2D eigenvalue weighted by molar-refractivity contribution is 0.413. The Morgan fingerprint density at radius 3 is 2.59 bits per heavy atom. The van der Waals surface area contributed by atoms with Gasteiger partial charge in [0.15, 0.2) is 0 Å². The molecule has 0 saturated heterocycles. The standard InChI is InChI=1S/C15H13NO/c1-17-15-8-3-2-6-13(15)10-9-12-5-4-7-14(16)11-12/h2-8,11H,16H2,1H3. The monoisotopic (exact) mass is 223 g/mol. The van der Waals surface area contributed by atoms with Crippen LogP contribution in [0.3, 0.4) is 0 Å².